The Bertz CT molecular complexity index is 3360. The highest BCUT2D eigenvalue weighted by Gasteiger charge is 2.45. The number of unbranched alkanes of at least 4 members (excludes halogenated alkanes) is 2. The van der Waals surface area contributed by atoms with Crippen LogP contribution in [-0.2, 0) is 82.3 Å². The van der Waals surface area contributed by atoms with Crippen molar-refractivity contribution in [2.45, 2.75) is 140 Å². The van der Waals surface area contributed by atoms with Gasteiger partial charge < -0.3 is 35.3 Å². The third-order valence-corrected chi connectivity index (χ3v) is 16.7. The van der Waals surface area contributed by atoms with E-state index in [-0.39, 0.29) is 68.2 Å². The molecule has 5 atom stereocenters. The number of hydrogen-bond acceptors (Lipinski definition) is 11. The highest BCUT2D eigenvalue weighted by atomic mass is 16.5. The van der Waals surface area contributed by atoms with Gasteiger partial charge in [-0.3, -0.25) is 43.3 Å². The van der Waals surface area contributed by atoms with Crippen molar-refractivity contribution in [2.24, 2.45) is 12.8 Å². The Labute approximate surface area is 483 Å². The molecule has 1 fully saturated rings. The van der Waals surface area contributed by atoms with Gasteiger partial charge in [-0.1, -0.05) is 97.1 Å². The molecule has 18 heteroatoms. The molecule has 1 aromatic heterocycles. The summed E-state index contributed by atoms with van der Waals surface area (Å²) >= 11 is 0. The maximum absolute atomic E-state index is 14.5. The van der Waals surface area contributed by atoms with Crippen LogP contribution in [0.25, 0.3) is 22.2 Å². The van der Waals surface area contributed by atoms with E-state index in [0.29, 0.717) is 56.9 Å². The van der Waals surface area contributed by atoms with Crippen LogP contribution >= 0.6 is 0 Å². The minimum atomic E-state index is -0.930. The monoisotopic (exact) mass is 1130 g/mol. The second-order valence-corrected chi connectivity index (χ2v) is 22.4. The summed E-state index contributed by atoms with van der Waals surface area (Å²) < 4.78 is 27.1. The number of aromatic nitrogens is 2. The molecule has 1 aliphatic carbocycles. The Morgan fingerprint density at radius 3 is 2.07 bits per heavy atom. The lowest BCUT2D eigenvalue weighted by atomic mass is 9.98. The van der Waals surface area contributed by atoms with Gasteiger partial charge >= 0.3 is 11.8 Å². The van der Waals surface area contributed by atoms with E-state index in [0.717, 1.165) is 95.0 Å². The maximum Gasteiger partial charge on any atom is 0.407 e. The minimum Gasteiger partial charge on any atom is -0.449 e. The molecule has 0 spiro atoms. The first-order valence-electron chi connectivity index (χ1n) is 29.4. The van der Waals surface area contributed by atoms with Crippen molar-refractivity contribution in [1.82, 2.24) is 25.1 Å². The normalized spacial score (nSPS) is 18.0. The maximum atomic E-state index is 14.5. The van der Waals surface area contributed by atoms with Crippen molar-refractivity contribution in [3.63, 3.8) is 0 Å². The molecule has 5 aromatic carbocycles. The first kappa shape index (κ1) is 58.3. The molecular weight excluding hydrogens is 1050 g/mol. The summed E-state index contributed by atoms with van der Waals surface area (Å²) in [5.41, 5.74) is 16.9. The summed E-state index contributed by atoms with van der Waals surface area (Å²) in [6.07, 6.45) is 7.02. The molecule has 18 nitrogen and oxygen atoms in total. The Hall–Kier alpha value is -7.93. The number of nitrogens with one attached hydrogen (secondary N) is 3. The van der Waals surface area contributed by atoms with Crippen molar-refractivity contribution < 1.29 is 47.7 Å². The summed E-state index contributed by atoms with van der Waals surface area (Å²) in [5, 5.41) is 8.33. The number of ether oxygens (including phenoxy) is 4. The molecule has 5 N–H and O–H groups in total. The van der Waals surface area contributed by atoms with Gasteiger partial charge in [-0.15, -0.1) is 0 Å². The van der Waals surface area contributed by atoms with Crippen molar-refractivity contribution >= 4 is 52.3 Å². The molecule has 0 radical (unpaired) electrons. The van der Waals surface area contributed by atoms with Crippen molar-refractivity contribution in [3.05, 3.63) is 159 Å². The predicted molar refractivity (Wildman–Crippen MR) is 314 cm³/mol. The number of piperidine rings is 1. The average molecular weight is 1130 g/mol. The van der Waals surface area contributed by atoms with Gasteiger partial charge in [-0.2, -0.15) is 0 Å². The number of nitrogens with two attached hydrogens (primary N) is 1. The van der Waals surface area contributed by atoms with Gasteiger partial charge in [0.15, 0.2) is 0 Å². The second-order valence-electron chi connectivity index (χ2n) is 22.4. The van der Waals surface area contributed by atoms with Gasteiger partial charge in [-0.25, -0.2) is 9.59 Å². The van der Waals surface area contributed by atoms with Gasteiger partial charge in [0.2, 0.25) is 29.5 Å². The smallest absolute Gasteiger partial charge is 0.407 e. The number of fused-ring (bicyclic) bond motifs is 4. The lowest BCUT2D eigenvalue weighted by Gasteiger charge is -2.31. The molecule has 4 aliphatic rings. The fraction of sp³-hybridized carbons (Fsp3) is 0.431. The third-order valence-electron chi connectivity index (χ3n) is 16.7. The predicted octanol–water partition coefficient (Wildman–Crippen LogP) is 7.55. The first-order chi connectivity index (χ1) is 40.3. The van der Waals surface area contributed by atoms with Crippen molar-refractivity contribution in [1.29, 1.82) is 0 Å². The Balaban J connectivity index is 0.621. The van der Waals surface area contributed by atoms with E-state index in [9.17, 15) is 33.6 Å². The number of carbonyl (C=O) groups excluding carboxylic acids is 6. The molecule has 0 bridgehead atoms. The molecular formula is C65H75N7O11. The summed E-state index contributed by atoms with van der Waals surface area (Å²) in [4.78, 5) is 93.4. The van der Waals surface area contributed by atoms with Gasteiger partial charge in [0, 0.05) is 58.7 Å². The number of imidazole rings is 1. The van der Waals surface area contributed by atoms with Gasteiger partial charge in [0.1, 0.15) is 24.7 Å². The molecule has 1 unspecified atom stereocenters. The van der Waals surface area contributed by atoms with Crippen LogP contribution in [0.5, 0.6) is 0 Å². The Morgan fingerprint density at radius 2 is 1.37 bits per heavy atom. The number of alkyl carbamates (subject to hydrolysis) is 1. The molecule has 3 aliphatic heterocycles. The molecule has 6 amide bonds. The number of hydrogen-bond donors (Lipinski definition) is 4. The highest BCUT2D eigenvalue weighted by Crippen LogP contribution is 2.45. The van der Waals surface area contributed by atoms with E-state index in [1.165, 1.54) is 10.1 Å². The van der Waals surface area contributed by atoms with Gasteiger partial charge in [0.25, 0.3) is 0 Å². The topological polar surface area (TPSA) is 232 Å². The molecule has 83 heavy (non-hydrogen) atoms. The summed E-state index contributed by atoms with van der Waals surface area (Å²) in [5.74, 6) is -2.17. The zero-order chi connectivity index (χ0) is 58.0. The largest absolute Gasteiger partial charge is 0.449 e. The average Bonchev–Trinajstić information content (AvgIpc) is 3.47. The number of carbonyl (C=O) groups is 6. The number of nitrogens with zero attached hydrogens (tertiary/aromatic N) is 3. The van der Waals surface area contributed by atoms with E-state index < -0.39 is 48.2 Å². The van der Waals surface area contributed by atoms with Crippen LogP contribution in [0.2, 0.25) is 0 Å². The zero-order valence-electron chi connectivity index (χ0n) is 47.4. The van der Waals surface area contributed by atoms with Crippen LogP contribution in [0.15, 0.2) is 114 Å². The van der Waals surface area contributed by atoms with Gasteiger partial charge in [-0.05, 0) is 140 Å². The standard InChI is InChI=1S/C65H75N7O11/c1-41(82-39-44-23-21-42(22-24-44)13-11-35-80-33-8-3-9-34-81-36-12-14-43-25-29-54-56(37-43)70(2)65(79)71(54)55-30-32-59(74)69-61(55)75)52(28-31-58(66)73)67-62(76)57-38-46-16-10-15-45-26-27-53(63(77)72(57)60(45)46)68-64(78)83-40-51-49-19-6-4-17-47(49)48-18-5-7-20-50(48)51/h4-7,10,15-25,29,37,41,51-53,55,57H,3,8-9,11-14,26-28,30-36,38-40H2,1-2H3,(H2,66,73)(H,67,76)(H,68,78)(H,69,74,75)/t41-,52+,53+,55?,57+/m1/s1. The van der Waals surface area contributed by atoms with E-state index in [1.54, 1.807) is 16.5 Å². The zero-order valence-corrected chi connectivity index (χ0v) is 47.4. The lowest BCUT2D eigenvalue weighted by molar-refractivity contribution is -0.135. The van der Waals surface area contributed by atoms with Crippen LogP contribution in [0.3, 0.4) is 0 Å². The quantitative estimate of drug-likeness (QED) is 0.0291. The third kappa shape index (κ3) is 13.6. The Morgan fingerprint density at radius 1 is 0.723 bits per heavy atom. The number of para-hydroxylation sites is 1. The van der Waals surface area contributed by atoms with Crippen LogP contribution in [0.4, 0.5) is 10.5 Å². The fourth-order valence-electron chi connectivity index (χ4n) is 12.2. The second kappa shape index (κ2) is 27.0. The van der Waals surface area contributed by atoms with Crippen LogP contribution in [-0.4, -0.2) is 102 Å². The van der Waals surface area contributed by atoms with E-state index in [2.05, 4.69) is 52.3 Å². The molecule has 436 valence electrons. The molecule has 6 aromatic rings. The summed E-state index contributed by atoms with van der Waals surface area (Å²) in [6, 6.07) is 33.0. The summed E-state index contributed by atoms with van der Waals surface area (Å²) in [7, 11) is 1.70. The molecule has 1 saturated heterocycles. The van der Waals surface area contributed by atoms with Crippen LogP contribution in [0, 0.1) is 0 Å². The molecule has 4 heterocycles. The number of aryl methyl sites for hydroxylation is 4. The van der Waals surface area contributed by atoms with E-state index in [4.69, 9.17) is 24.7 Å². The van der Waals surface area contributed by atoms with Crippen LogP contribution in [0.1, 0.15) is 122 Å². The van der Waals surface area contributed by atoms with Gasteiger partial charge in [0.05, 0.1) is 35.5 Å². The number of benzene rings is 5. The number of rotatable bonds is 27. The summed E-state index contributed by atoms with van der Waals surface area (Å²) in [6.45, 7) is 4.91. The number of amides is 6. The van der Waals surface area contributed by atoms with Crippen molar-refractivity contribution in [2.75, 3.05) is 37.9 Å². The first-order valence-corrected chi connectivity index (χ1v) is 29.4. The number of anilines is 1. The van der Waals surface area contributed by atoms with Crippen LogP contribution < -0.4 is 32.3 Å². The van der Waals surface area contributed by atoms with E-state index in [1.807, 2.05) is 79.7 Å². The highest BCUT2D eigenvalue weighted by molar-refractivity contribution is 6.07. The number of imide groups is 1. The Kier molecular flexibility index (Phi) is 18.9. The molecule has 0 saturated carbocycles. The fourth-order valence-corrected chi connectivity index (χ4v) is 12.2. The van der Waals surface area contributed by atoms with E-state index >= 15 is 0 Å². The van der Waals surface area contributed by atoms with Crippen molar-refractivity contribution in [3.8, 4) is 11.1 Å². The number of primary amides is 1. The SMILES string of the molecule is C[C@@H](OCc1ccc(CCCOCCCCCOCCCc2ccc3c(c2)n(C)c(=O)n3C2CCC(=O)NC2=O)cc1)[C@H](CCC(N)=O)NC(=O)[C@@H]1Cc2cccc3c2N1C(=O)[C@@H](NC(=O)OCC1c2ccccc2-c2ccccc21)CC3. The minimum absolute atomic E-state index is 0.0276. The lowest BCUT2D eigenvalue weighted by Crippen LogP contribution is -2.56. The molecule has 10 rings (SSSR count).